The summed E-state index contributed by atoms with van der Waals surface area (Å²) in [5.41, 5.74) is 1.71. The van der Waals surface area contributed by atoms with Crippen LogP contribution >= 0.6 is 0 Å². The summed E-state index contributed by atoms with van der Waals surface area (Å²) >= 11 is 0. The smallest absolute Gasteiger partial charge is 0.325 e. The summed E-state index contributed by atoms with van der Waals surface area (Å²) in [5.74, 6) is 2.70. The van der Waals surface area contributed by atoms with Gasteiger partial charge in [0.05, 0.1) is 11.3 Å². The number of amides is 1. The van der Waals surface area contributed by atoms with Crippen molar-refractivity contribution in [2.45, 2.75) is 65.4 Å². The molecule has 142 valence electrons. The fourth-order valence-corrected chi connectivity index (χ4v) is 5.99. The molecule has 1 aromatic heterocycles. The maximum absolute atomic E-state index is 12.4. The van der Waals surface area contributed by atoms with Gasteiger partial charge in [-0.3, -0.25) is 9.59 Å². The van der Waals surface area contributed by atoms with Crippen molar-refractivity contribution >= 4 is 11.9 Å². The van der Waals surface area contributed by atoms with E-state index in [1.54, 1.807) is 6.92 Å². The first kappa shape index (κ1) is 17.6. The second-order valence-electron chi connectivity index (χ2n) is 8.83. The highest BCUT2D eigenvalue weighted by Gasteiger charge is 2.51. The van der Waals surface area contributed by atoms with E-state index in [4.69, 9.17) is 9.26 Å². The normalized spacial score (nSPS) is 31.8. The van der Waals surface area contributed by atoms with Crippen molar-refractivity contribution in [1.29, 1.82) is 0 Å². The van der Waals surface area contributed by atoms with Crippen molar-refractivity contribution in [3.05, 3.63) is 17.0 Å². The van der Waals surface area contributed by atoms with Gasteiger partial charge in [0.1, 0.15) is 18.9 Å². The molecular formula is C20H28N2O4. The number of ether oxygens (including phenoxy) is 1. The number of esters is 1. The van der Waals surface area contributed by atoms with Gasteiger partial charge in [-0.2, -0.15) is 0 Å². The minimum absolute atomic E-state index is 0.0127. The van der Waals surface area contributed by atoms with Crippen molar-refractivity contribution < 1.29 is 18.8 Å². The Hall–Kier alpha value is -1.85. The predicted molar refractivity (Wildman–Crippen MR) is 94.0 cm³/mol. The second kappa shape index (κ2) is 6.71. The van der Waals surface area contributed by atoms with E-state index in [1.807, 2.05) is 6.92 Å². The average molecular weight is 360 g/mol. The summed E-state index contributed by atoms with van der Waals surface area (Å²) in [5, 5.41) is 6.60. The number of hydrogen-bond acceptors (Lipinski definition) is 5. The Bertz CT molecular complexity index is 654. The highest BCUT2D eigenvalue weighted by molar-refractivity contribution is 5.82. The number of aryl methyl sites for hydroxylation is 2. The lowest BCUT2D eigenvalue weighted by Crippen LogP contribution is -2.48. The maximum Gasteiger partial charge on any atom is 0.325 e. The molecule has 1 amide bonds. The van der Waals surface area contributed by atoms with E-state index in [0.717, 1.165) is 29.0 Å². The highest BCUT2D eigenvalue weighted by atomic mass is 16.5. The fraction of sp³-hybridized carbons (Fsp3) is 0.750. The predicted octanol–water partition coefficient (Wildman–Crippen LogP) is 3.06. The van der Waals surface area contributed by atoms with Gasteiger partial charge < -0.3 is 14.6 Å². The molecule has 4 aliphatic carbocycles. The van der Waals surface area contributed by atoms with Crippen LogP contribution in [0.3, 0.4) is 0 Å². The van der Waals surface area contributed by atoms with Crippen LogP contribution in [0.4, 0.5) is 0 Å². The molecule has 6 heteroatoms. The summed E-state index contributed by atoms with van der Waals surface area (Å²) in [7, 11) is 0. The lowest BCUT2D eigenvalue weighted by molar-refractivity contribution is -0.146. The summed E-state index contributed by atoms with van der Waals surface area (Å²) in [6, 6.07) is 0. The molecular weight excluding hydrogens is 332 g/mol. The Kier molecular flexibility index (Phi) is 4.53. The van der Waals surface area contributed by atoms with Crippen LogP contribution in [0, 0.1) is 37.0 Å². The van der Waals surface area contributed by atoms with Crippen molar-refractivity contribution in [3.8, 4) is 0 Å². The SMILES string of the molecule is Cc1noc(C)c1COC(=O)CNC(=O)CC12CC3CC(CC(C3)C1)C2. The molecule has 5 rings (SSSR count). The number of nitrogens with one attached hydrogen (secondary N) is 1. The van der Waals surface area contributed by atoms with Crippen molar-refractivity contribution in [1.82, 2.24) is 10.5 Å². The van der Waals surface area contributed by atoms with Gasteiger partial charge in [0.2, 0.25) is 5.91 Å². The molecule has 0 aromatic carbocycles. The van der Waals surface area contributed by atoms with Crippen LogP contribution in [-0.2, 0) is 20.9 Å². The first-order valence-corrected chi connectivity index (χ1v) is 9.76. The third kappa shape index (κ3) is 3.51. The first-order chi connectivity index (χ1) is 12.4. The Labute approximate surface area is 154 Å². The van der Waals surface area contributed by atoms with Gasteiger partial charge in [-0.25, -0.2) is 0 Å². The fourth-order valence-electron chi connectivity index (χ4n) is 5.99. The summed E-state index contributed by atoms with van der Waals surface area (Å²) in [4.78, 5) is 24.4. The number of rotatable bonds is 6. The quantitative estimate of drug-likeness (QED) is 0.789. The van der Waals surface area contributed by atoms with E-state index < -0.39 is 5.97 Å². The van der Waals surface area contributed by atoms with Crippen LogP contribution in [0.15, 0.2) is 4.52 Å². The maximum atomic E-state index is 12.4. The minimum Gasteiger partial charge on any atom is -0.459 e. The third-order valence-electron chi connectivity index (χ3n) is 6.69. The van der Waals surface area contributed by atoms with Crippen molar-refractivity contribution in [2.75, 3.05) is 6.54 Å². The number of carbonyl (C=O) groups is 2. The zero-order valence-electron chi connectivity index (χ0n) is 15.7. The Morgan fingerprint density at radius 1 is 1.15 bits per heavy atom. The van der Waals surface area contributed by atoms with Gasteiger partial charge in [-0.15, -0.1) is 0 Å². The summed E-state index contributed by atoms with van der Waals surface area (Å²) in [6.07, 6.45) is 8.26. The number of carbonyl (C=O) groups excluding carboxylic acids is 2. The van der Waals surface area contributed by atoms with Crippen LogP contribution < -0.4 is 5.32 Å². The molecule has 6 nitrogen and oxygen atoms in total. The molecule has 1 heterocycles. The largest absolute Gasteiger partial charge is 0.459 e. The van der Waals surface area contributed by atoms with E-state index in [2.05, 4.69) is 10.5 Å². The molecule has 1 aromatic rings. The zero-order valence-corrected chi connectivity index (χ0v) is 15.7. The molecule has 4 aliphatic rings. The van der Waals surface area contributed by atoms with E-state index >= 15 is 0 Å². The van der Waals surface area contributed by atoms with Crippen LogP contribution in [0.1, 0.15) is 62.0 Å². The molecule has 4 saturated carbocycles. The minimum atomic E-state index is -0.427. The van der Waals surface area contributed by atoms with Gasteiger partial charge in [-0.05, 0) is 75.5 Å². The lowest BCUT2D eigenvalue weighted by Gasteiger charge is -2.56. The Balaban J connectivity index is 1.23. The highest BCUT2D eigenvalue weighted by Crippen LogP contribution is 2.61. The summed E-state index contributed by atoms with van der Waals surface area (Å²) < 4.78 is 10.3. The molecule has 4 bridgehead atoms. The summed E-state index contributed by atoms with van der Waals surface area (Å²) in [6.45, 7) is 3.66. The Morgan fingerprint density at radius 3 is 2.31 bits per heavy atom. The van der Waals surface area contributed by atoms with E-state index in [-0.39, 0.29) is 24.5 Å². The van der Waals surface area contributed by atoms with E-state index in [0.29, 0.717) is 12.2 Å². The molecule has 0 spiro atoms. The molecule has 4 fully saturated rings. The lowest BCUT2D eigenvalue weighted by atomic mass is 9.49. The van der Waals surface area contributed by atoms with Gasteiger partial charge in [0.25, 0.3) is 0 Å². The molecule has 0 radical (unpaired) electrons. The number of aromatic nitrogens is 1. The number of hydrogen-bond donors (Lipinski definition) is 1. The molecule has 0 atom stereocenters. The van der Waals surface area contributed by atoms with Crippen LogP contribution in [0.2, 0.25) is 0 Å². The van der Waals surface area contributed by atoms with Gasteiger partial charge in [0, 0.05) is 6.42 Å². The van der Waals surface area contributed by atoms with Gasteiger partial charge >= 0.3 is 5.97 Å². The monoisotopic (exact) mass is 360 g/mol. The number of nitrogens with zero attached hydrogens (tertiary/aromatic N) is 1. The zero-order chi connectivity index (χ0) is 18.3. The van der Waals surface area contributed by atoms with Crippen molar-refractivity contribution in [2.24, 2.45) is 23.2 Å². The average Bonchev–Trinajstić information content (AvgIpc) is 2.87. The van der Waals surface area contributed by atoms with E-state index in [1.165, 1.54) is 38.5 Å². The van der Waals surface area contributed by atoms with Gasteiger partial charge in [-0.1, -0.05) is 5.16 Å². The molecule has 1 N–H and O–H groups in total. The third-order valence-corrected chi connectivity index (χ3v) is 6.69. The molecule has 0 aliphatic heterocycles. The van der Waals surface area contributed by atoms with E-state index in [9.17, 15) is 9.59 Å². The van der Waals surface area contributed by atoms with Crippen LogP contribution in [-0.4, -0.2) is 23.6 Å². The molecule has 26 heavy (non-hydrogen) atoms. The molecule has 0 unspecified atom stereocenters. The second-order valence-corrected chi connectivity index (χ2v) is 8.83. The van der Waals surface area contributed by atoms with Gasteiger partial charge in [0.15, 0.2) is 0 Å². The Morgan fingerprint density at radius 2 is 1.77 bits per heavy atom. The van der Waals surface area contributed by atoms with Crippen molar-refractivity contribution in [3.63, 3.8) is 0 Å². The standard InChI is InChI=1S/C20H28N2O4/c1-12-17(13(2)26-22-12)11-25-19(24)10-21-18(23)9-20-6-14-3-15(7-20)5-16(4-14)8-20/h14-16H,3-11H2,1-2H3,(H,21,23). The van der Waals surface area contributed by atoms with Crippen LogP contribution in [0.25, 0.3) is 0 Å². The topological polar surface area (TPSA) is 81.4 Å². The first-order valence-electron chi connectivity index (χ1n) is 9.76. The van der Waals surface area contributed by atoms with Crippen LogP contribution in [0.5, 0.6) is 0 Å². The molecule has 0 saturated heterocycles.